The highest BCUT2D eigenvalue weighted by molar-refractivity contribution is 5.94. The molecule has 88 valence electrons. The topological polar surface area (TPSA) is 26.3 Å². The first-order valence-electron chi connectivity index (χ1n) is 5.73. The van der Waals surface area contributed by atoms with E-state index >= 15 is 0 Å². The Hall–Kier alpha value is -1.31. The number of hydrogen-bond donors (Lipinski definition) is 0. The summed E-state index contributed by atoms with van der Waals surface area (Å²) in [5.74, 6) is 1.40. The van der Waals surface area contributed by atoms with E-state index in [1.807, 2.05) is 12.1 Å². The fraction of sp³-hybridized carbons (Fsp3) is 0.500. The van der Waals surface area contributed by atoms with Gasteiger partial charge in [0.15, 0.2) is 5.78 Å². The average molecular weight is 220 g/mol. The number of ketones is 1. The molecule has 0 aliphatic carbocycles. The van der Waals surface area contributed by atoms with Gasteiger partial charge in [0.05, 0.1) is 7.11 Å². The maximum absolute atomic E-state index is 11.4. The third kappa shape index (κ3) is 2.43. The van der Waals surface area contributed by atoms with Crippen molar-refractivity contribution in [1.29, 1.82) is 0 Å². The summed E-state index contributed by atoms with van der Waals surface area (Å²) in [6, 6.07) is 3.89. The van der Waals surface area contributed by atoms with Crippen molar-refractivity contribution < 1.29 is 9.53 Å². The van der Waals surface area contributed by atoms with E-state index < -0.39 is 0 Å². The molecule has 0 spiro atoms. The summed E-state index contributed by atoms with van der Waals surface area (Å²) in [7, 11) is 1.69. The van der Waals surface area contributed by atoms with Crippen molar-refractivity contribution in [3.63, 3.8) is 0 Å². The Kier molecular flexibility index (Phi) is 4.11. The van der Waals surface area contributed by atoms with Crippen LogP contribution in [0.2, 0.25) is 0 Å². The SMILES string of the molecule is CCc1cc(C(C)=O)cc(C(C)C)c1OC. The summed E-state index contributed by atoms with van der Waals surface area (Å²) >= 11 is 0. The molecule has 0 aromatic heterocycles. The van der Waals surface area contributed by atoms with E-state index in [0.29, 0.717) is 5.92 Å². The quantitative estimate of drug-likeness (QED) is 0.725. The number of Topliss-reactive ketones (excluding diaryl/α,β-unsaturated/α-hetero) is 1. The maximum Gasteiger partial charge on any atom is 0.159 e. The van der Waals surface area contributed by atoms with Gasteiger partial charge < -0.3 is 4.74 Å². The van der Waals surface area contributed by atoms with E-state index in [2.05, 4.69) is 20.8 Å². The lowest BCUT2D eigenvalue weighted by Crippen LogP contribution is -2.03. The molecule has 0 bridgehead atoms. The van der Waals surface area contributed by atoms with Gasteiger partial charge in [0, 0.05) is 5.56 Å². The predicted molar refractivity (Wildman–Crippen MR) is 66.5 cm³/mol. The second kappa shape index (κ2) is 5.15. The Morgan fingerprint density at radius 3 is 2.38 bits per heavy atom. The Bertz CT molecular complexity index is 392. The van der Waals surface area contributed by atoms with Crippen LogP contribution in [0.1, 0.15) is 55.1 Å². The first-order valence-corrected chi connectivity index (χ1v) is 5.73. The molecule has 0 heterocycles. The fourth-order valence-corrected chi connectivity index (χ4v) is 1.86. The number of ether oxygens (including phenoxy) is 1. The fourth-order valence-electron chi connectivity index (χ4n) is 1.86. The highest BCUT2D eigenvalue weighted by Crippen LogP contribution is 2.32. The van der Waals surface area contributed by atoms with Gasteiger partial charge in [-0.1, -0.05) is 20.8 Å². The Balaban J connectivity index is 3.43. The lowest BCUT2D eigenvalue weighted by molar-refractivity contribution is 0.101. The van der Waals surface area contributed by atoms with Crippen molar-refractivity contribution in [3.05, 3.63) is 28.8 Å². The van der Waals surface area contributed by atoms with Crippen LogP contribution in [0.3, 0.4) is 0 Å². The smallest absolute Gasteiger partial charge is 0.159 e. The minimum Gasteiger partial charge on any atom is -0.496 e. The molecule has 16 heavy (non-hydrogen) atoms. The van der Waals surface area contributed by atoms with Crippen LogP contribution < -0.4 is 4.74 Å². The maximum atomic E-state index is 11.4. The molecular weight excluding hydrogens is 200 g/mol. The predicted octanol–water partition coefficient (Wildman–Crippen LogP) is 3.58. The summed E-state index contributed by atoms with van der Waals surface area (Å²) in [5.41, 5.74) is 3.01. The van der Waals surface area contributed by atoms with Gasteiger partial charge in [-0.25, -0.2) is 0 Å². The average Bonchev–Trinajstić information content (AvgIpc) is 2.26. The second-order valence-corrected chi connectivity index (χ2v) is 4.32. The van der Waals surface area contributed by atoms with Gasteiger partial charge in [-0.15, -0.1) is 0 Å². The molecule has 0 amide bonds. The Morgan fingerprint density at radius 1 is 1.38 bits per heavy atom. The van der Waals surface area contributed by atoms with Gasteiger partial charge in [-0.2, -0.15) is 0 Å². The van der Waals surface area contributed by atoms with Crippen LogP contribution in [0.5, 0.6) is 5.75 Å². The van der Waals surface area contributed by atoms with E-state index in [1.54, 1.807) is 14.0 Å². The van der Waals surface area contributed by atoms with Crippen LogP contribution in [0, 0.1) is 0 Å². The van der Waals surface area contributed by atoms with Crippen molar-refractivity contribution in [2.45, 2.75) is 40.0 Å². The number of benzene rings is 1. The van der Waals surface area contributed by atoms with Crippen molar-refractivity contribution in [3.8, 4) is 5.75 Å². The molecule has 0 aliphatic heterocycles. The number of aryl methyl sites for hydroxylation is 1. The lowest BCUT2D eigenvalue weighted by atomic mass is 9.94. The zero-order chi connectivity index (χ0) is 12.3. The molecule has 0 saturated carbocycles. The van der Waals surface area contributed by atoms with Crippen LogP contribution in [0.25, 0.3) is 0 Å². The molecule has 0 atom stereocenters. The van der Waals surface area contributed by atoms with E-state index in [9.17, 15) is 4.79 Å². The van der Waals surface area contributed by atoms with Gasteiger partial charge >= 0.3 is 0 Å². The highest BCUT2D eigenvalue weighted by Gasteiger charge is 2.14. The zero-order valence-corrected chi connectivity index (χ0v) is 10.8. The van der Waals surface area contributed by atoms with Gasteiger partial charge in [0.2, 0.25) is 0 Å². The van der Waals surface area contributed by atoms with Crippen molar-refractivity contribution >= 4 is 5.78 Å². The number of hydrogen-bond acceptors (Lipinski definition) is 2. The van der Waals surface area contributed by atoms with Crippen LogP contribution >= 0.6 is 0 Å². The highest BCUT2D eigenvalue weighted by atomic mass is 16.5. The van der Waals surface area contributed by atoms with E-state index in [0.717, 1.165) is 28.9 Å². The third-order valence-corrected chi connectivity index (χ3v) is 2.81. The van der Waals surface area contributed by atoms with Crippen LogP contribution in [-0.4, -0.2) is 12.9 Å². The van der Waals surface area contributed by atoms with Crippen molar-refractivity contribution in [1.82, 2.24) is 0 Å². The third-order valence-electron chi connectivity index (χ3n) is 2.81. The van der Waals surface area contributed by atoms with E-state index in [-0.39, 0.29) is 5.78 Å². The van der Waals surface area contributed by atoms with Crippen molar-refractivity contribution in [2.24, 2.45) is 0 Å². The summed E-state index contributed by atoms with van der Waals surface area (Å²) in [5, 5.41) is 0. The molecule has 0 aliphatic rings. The molecule has 0 unspecified atom stereocenters. The molecule has 0 fully saturated rings. The number of carbonyl (C=O) groups excluding carboxylic acids is 1. The van der Waals surface area contributed by atoms with Crippen LogP contribution in [-0.2, 0) is 6.42 Å². The van der Waals surface area contributed by atoms with Gasteiger partial charge in [0.25, 0.3) is 0 Å². The first-order chi connectivity index (χ1) is 7.51. The number of carbonyl (C=O) groups is 1. The summed E-state index contributed by atoms with van der Waals surface area (Å²) in [6.45, 7) is 7.90. The number of rotatable bonds is 4. The molecular formula is C14H20O2. The second-order valence-electron chi connectivity index (χ2n) is 4.32. The van der Waals surface area contributed by atoms with Gasteiger partial charge in [-0.3, -0.25) is 4.79 Å². The number of methoxy groups -OCH3 is 1. The molecule has 2 nitrogen and oxygen atoms in total. The van der Waals surface area contributed by atoms with Gasteiger partial charge in [0.1, 0.15) is 5.75 Å². The lowest BCUT2D eigenvalue weighted by Gasteiger charge is -2.16. The molecule has 1 rings (SSSR count). The Morgan fingerprint density at radius 2 is 2.00 bits per heavy atom. The molecule has 0 N–H and O–H groups in total. The van der Waals surface area contributed by atoms with Crippen LogP contribution in [0.15, 0.2) is 12.1 Å². The first kappa shape index (κ1) is 12.8. The molecule has 0 saturated heterocycles. The molecule has 1 aromatic carbocycles. The van der Waals surface area contributed by atoms with E-state index in [1.165, 1.54) is 0 Å². The molecule has 2 heteroatoms. The molecule has 1 aromatic rings. The van der Waals surface area contributed by atoms with Crippen LogP contribution in [0.4, 0.5) is 0 Å². The zero-order valence-electron chi connectivity index (χ0n) is 10.8. The summed E-state index contributed by atoms with van der Waals surface area (Å²) < 4.78 is 5.45. The Labute approximate surface area is 97.6 Å². The monoisotopic (exact) mass is 220 g/mol. The van der Waals surface area contributed by atoms with E-state index in [4.69, 9.17) is 4.74 Å². The largest absolute Gasteiger partial charge is 0.496 e. The van der Waals surface area contributed by atoms with Crippen molar-refractivity contribution in [2.75, 3.05) is 7.11 Å². The minimum atomic E-state index is 0.110. The van der Waals surface area contributed by atoms with Gasteiger partial charge in [-0.05, 0) is 42.5 Å². The standard InChI is InChI=1S/C14H20O2/c1-6-11-7-12(10(4)15)8-13(9(2)3)14(11)16-5/h7-9H,6H2,1-5H3. The molecule has 0 radical (unpaired) electrons. The normalized spacial score (nSPS) is 10.6. The summed E-state index contributed by atoms with van der Waals surface area (Å²) in [6.07, 6.45) is 0.879. The minimum absolute atomic E-state index is 0.110. The summed E-state index contributed by atoms with van der Waals surface area (Å²) in [4.78, 5) is 11.4.